The van der Waals surface area contributed by atoms with Gasteiger partial charge in [0.2, 0.25) is 5.91 Å². The zero-order valence-corrected chi connectivity index (χ0v) is 16.3. The van der Waals surface area contributed by atoms with Crippen molar-refractivity contribution in [1.29, 1.82) is 0 Å². The molecule has 1 N–H and O–H groups in total. The van der Waals surface area contributed by atoms with E-state index in [1.54, 1.807) is 23.1 Å². The van der Waals surface area contributed by atoms with E-state index in [4.69, 9.17) is 16.3 Å². The number of nitrogens with one attached hydrogen (secondary N) is 1. The molecule has 1 aliphatic heterocycles. The molecule has 146 valence electrons. The van der Waals surface area contributed by atoms with Crippen LogP contribution < -0.4 is 5.32 Å². The number of aromatic nitrogens is 3. The number of hydrogen-bond acceptors (Lipinski definition) is 6. The van der Waals surface area contributed by atoms with E-state index in [9.17, 15) is 9.59 Å². The molecular formula is C19H20ClN5O3. The van der Waals surface area contributed by atoms with Crippen molar-refractivity contribution < 1.29 is 14.3 Å². The minimum Gasteiger partial charge on any atom is -0.367 e. The summed E-state index contributed by atoms with van der Waals surface area (Å²) in [5.41, 5.74) is 1.93. The summed E-state index contributed by atoms with van der Waals surface area (Å²) < 4.78 is 6.01. The Bertz CT molecular complexity index is 920. The highest BCUT2D eigenvalue weighted by molar-refractivity contribution is 6.29. The summed E-state index contributed by atoms with van der Waals surface area (Å²) in [6, 6.07) is 5.03. The zero-order valence-electron chi connectivity index (χ0n) is 15.6. The lowest BCUT2D eigenvalue weighted by atomic mass is 10.1. The maximum absolute atomic E-state index is 12.0. The van der Waals surface area contributed by atoms with Crippen LogP contribution in [0.3, 0.4) is 0 Å². The van der Waals surface area contributed by atoms with Crippen LogP contribution in [0.2, 0.25) is 5.15 Å². The molecular weight excluding hydrogens is 382 g/mol. The van der Waals surface area contributed by atoms with Gasteiger partial charge in [-0.15, -0.1) is 0 Å². The zero-order chi connectivity index (χ0) is 20.3. The summed E-state index contributed by atoms with van der Waals surface area (Å²) >= 11 is 6.23. The molecule has 3 heterocycles. The maximum atomic E-state index is 12.0. The van der Waals surface area contributed by atoms with E-state index in [1.807, 2.05) is 6.92 Å². The monoisotopic (exact) mass is 401 g/mol. The van der Waals surface area contributed by atoms with Gasteiger partial charge in [-0.3, -0.25) is 9.59 Å². The van der Waals surface area contributed by atoms with Crippen LogP contribution >= 0.6 is 11.6 Å². The van der Waals surface area contributed by atoms with Gasteiger partial charge in [-0.2, -0.15) is 0 Å². The van der Waals surface area contributed by atoms with E-state index >= 15 is 0 Å². The van der Waals surface area contributed by atoms with Crippen molar-refractivity contribution in [1.82, 2.24) is 25.2 Å². The fourth-order valence-corrected chi connectivity index (χ4v) is 3.25. The smallest absolute Gasteiger partial charge is 0.269 e. The third-order valence-electron chi connectivity index (χ3n) is 4.32. The Labute approximate surface area is 167 Å². The fourth-order valence-electron chi connectivity index (χ4n) is 3.03. The van der Waals surface area contributed by atoms with Gasteiger partial charge in [0.15, 0.2) is 0 Å². The summed E-state index contributed by atoms with van der Waals surface area (Å²) in [7, 11) is 1.53. The molecule has 1 saturated heterocycles. The Kier molecular flexibility index (Phi) is 6.01. The first-order valence-corrected chi connectivity index (χ1v) is 9.07. The van der Waals surface area contributed by atoms with Gasteiger partial charge >= 0.3 is 0 Å². The molecule has 0 aromatic carbocycles. The second-order valence-corrected chi connectivity index (χ2v) is 6.75. The number of carbonyl (C=O) groups is 2. The molecule has 0 bridgehead atoms. The Morgan fingerprint density at radius 2 is 2.07 bits per heavy atom. The van der Waals surface area contributed by atoms with Crippen LogP contribution in [0.25, 0.3) is 11.4 Å². The van der Waals surface area contributed by atoms with E-state index in [-0.39, 0.29) is 34.9 Å². The molecule has 3 rings (SSSR count). The first-order valence-electron chi connectivity index (χ1n) is 8.70. The number of nitrogens with zero attached hydrogens (tertiary/aromatic N) is 4. The molecule has 28 heavy (non-hydrogen) atoms. The van der Waals surface area contributed by atoms with Crippen molar-refractivity contribution in [3.8, 4) is 11.4 Å². The molecule has 1 unspecified atom stereocenters. The summed E-state index contributed by atoms with van der Waals surface area (Å²) in [6.07, 6.45) is 2.08. The predicted molar refractivity (Wildman–Crippen MR) is 104 cm³/mol. The number of ether oxygens (including phenoxy) is 1. The van der Waals surface area contributed by atoms with E-state index in [0.717, 1.165) is 5.56 Å². The van der Waals surface area contributed by atoms with Crippen molar-refractivity contribution in [3.05, 3.63) is 53.6 Å². The lowest BCUT2D eigenvalue weighted by molar-refractivity contribution is -0.139. The van der Waals surface area contributed by atoms with Crippen molar-refractivity contribution >= 4 is 23.4 Å². The molecule has 2 atom stereocenters. The topological polar surface area (TPSA) is 97.3 Å². The number of pyridine rings is 1. The van der Waals surface area contributed by atoms with Crippen molar-refractivity contribution in [3.63, 3.8) is 0 Å². The minimum atomic E-state index is -0.368. The standard InChI is InChI=1S/C19H20ClN5O3/c1-4-18(26)25-8-11(2)28-16(9-25)12-5-14(24-17(20)6-12)13-7-15(19(27)21-3)23-10-22-13/h4-7,10-11,16H,1,8-9H2,2-3H3,(H,21,27)/t11-,16?/m0/s1. The Balaban J connectivity index is 1.94. The summed E-state index contributed by atoms with van der Waals surface area (Å²) in [5, 5.41) is 2.78. The van der Waals surface area contributed by atoms with Crippen LogP contribution in [0.15, 0.2) is 37.2 Å². The average molecular weight is 402 g/mol. The van der Waals surface area contributed by atoms with Crippen molar-refractivity contribution in [2.24, 2.45) is 0 Å². The number of rotatable bonds is 4. The SMILES string of the molecule is C=CC(=O)N1CC(c2cc(Cl)nc(-c3cc(C(=O)NC)ncn3)c2)O[C@@H](C)C1. The summed E-state index contributed by atoms with van der Waals surface area (Å²) in [4.78, 5) is 38.0. The molecule has 0 spiro atoms. The van der Waals surface area contributed by atoms with Gasteiger partial charge in [0.25, 0.3) is 5.91 Å². The lowest BCUT2D eigenvalue weighted by Gasteiger charge is -2.36. The first kappa shape index (κ1) is 19.9. The van der Waals surface area contributed by atoms with Crippen LogP contribution in [0.5, 0.6) is 0 Å². The van der Waals surface area contributed by atoms with Crippen LogP contribution in [-0.2, 0) is 9.53 Å². The molecule has 2 aromatic rings. The molecule has 1 fully saturated rings. The first-order chi connectivity index (χ1) is 13.4. The quantitative estimate of drug-likeness (QED) is 0.621. The van der Waals surface area contributed by atoms with Crippen molar-refractivity contribution in [2.45, 2.75) is 19.1 Å². The fraction of sp³-hybridized carbons (Fsp3) is 0.316. The molecule has 0 saturated carbocycles. The molecule has 0 aliphatic carbocycles. The van der Waals surface area contributed by atoms with Crippen LogP contribution in [0.4, 0.5) is 0 Å². The van der Waals surface area contributed by atoms with Gasteiger partial charge < -0.3 is 15.0 Å². The van der Waals surface area contributed by atoms with Gasteiger partial charge in [0, 0.05) is 13.6 Å². The Morgan fingerprint density at radius 1 is 1.29 bits per heavy atom. The highest BCUT2D eigenvalue weighted by atomic mass is 35.5. The Hall–Kier alpha value is -2.84. The normalized spacial score (nSPS) is 19.2. The lowest BCUT2D eigenvalue weighted by Crippen LogP contribution is -2.45. The van der Waals surface area contributed by atoms with Crippen LogP contribution in [-0.4, -0.2) is 57.9 Å². The summed E-state index contributed by atoms with van der Waals surface area (Å²) in [5.74, 6) is -0.472. The third-order valence-corrected chi connectivity index (χ3v) is 4.52. The van der Waals surface area contributed by atoms with E-state index < -0.39 is 0 Å². The van der Waals surface area contributed by atoms with E-state index in [0.29, 0.717) is 24.5 Å². The van der Waals surface area contributed by atoms with Crippen LogP contribution in [0.1, 0.15) is 29.1 Å². The predicted octanol–water partition coefficient (Wildman–Crippen LogP) is 2.03. The van der Waals surface area contributed by atoms with Crippen LogP contribution in [0, 0.1) is 0 Å². The van der Waals surface area contributed by atoms with Gasteiger partial charge in [0.1, 0.15) is 23.3 Å². The molecule has 9 heteroatoms. The van der Waals surface area contributed by atoms with E-state index in [1.165, 1.54) is 19.5 Å². The second kappa shape index (κ2) is 8.45. The van der Waals surface area contributed by atoms with E-state index in [2.05, 4.69) is 26.8 Å². The number of hydrogen-bond donors (Lipinski definition) is 1. The number of amides is 2. The van der Waals surface area contributed by atoms with Gasteiger partial charge in [-0.05, 0) is 36.8 Å². The number of halogens is 1. The third kappa shape index (κ3) is 4.35. The second-order valence-electron chi connectivity index (χ2n) is 6.36. The maximum Gasteiger partial charge on any atom is 0.269 e. The number of morpholine rings is 1. The summed E-state index contributed by atoms with van der Waals surface area (Å²) in [6.45, 7) is 6.32. The molecule has 2 aromatic heterocycles. The van der Waals surface area contributed by atoms with Gasteiger partial charge in [-0.25, -0.2) is 15.0 Å². The molecule has 0 radical (unpaired) electrons. The largest absolute Gasteiger partial charge is 0.367 e. The molecule has 1 aliphatic rings. The van der Waals surface area contributed by atoms with Crippen molar-refractivity contribution in [2.75, 3.05) is 20.1 Å². The highest BCUT2D eigenvalue weighted by Crippen LogP contribution is 2.29. The molecule has 2 amide bonds. The minimum absolute atomic E-state index is 0.142. The molecule has 8 nitrogen and oxygen atoms in total. The highest BCUT2D eigenvalue weighted by Gasteiger charge is 2.29. The number of carbonyl (C=O) groups excluding carboxylic acids is 2. The van der Waals surface area contributed by atoms with Gasteiger partial charge in [0.05, 0.1) is 24.0 Å². The average Bonchev–Trinajstić information content (AvgIpc) is 2.71. The van der Waals surface area contributed by atoms with Gasteiger partial charge in [-0.1, -0.05) is 18.2 Å². The Morgan fingerprint density at radius 3 is 2.79 bits per heavy atom.